The fourth-order valence-corrected chi connectivity index (χ4v) is 3.14. The number of H-pyrrole nitrogens is 1. The minimum atomic E-state index is -0.253. The molecule has 7 nitrogen and oxygen atoms in total. The summed E-state index contributed by atoms with van der Waals surface area (Å²) in [5.74, 6) is -0.0724. The average molecular weight is 337 g/mol. The van der Waals surface area contributed by atoms with Crippen LogP contribution in [0.2, 0.25) is 0 Å². The van der Waals surface area contributed by atoms with Gasteiger partial charge in [-0.25, -0.2) is 4.98 Å². The van der Waals surface area contributed by atoms with Crippen LogP contribution in [0.5, 0.6) is 0 Å². The number of rotatable bonds is 4. The van der Waals surface area contributed by atoms with Crippen LogP contribution in [0.4, 0.5) is 0 Å². The van der Waals surface area contributed by atoms with Crippen molar-refractivity contribution in [3.05, 3.63) is 53.7 Å². The van der Waals surface area contributed by atoms with Crippen molar-refractivity contribution >= 4 is 22.7 Å². The lowest BCUT2D eigenvalue weighted by molar-refractivity contribution is 0.0741. The number of carbonyl (C=O) groups is 2. The molecule has 0 fully saturated rings. The van der Waals surface area contributed by atoms with Crippen LogP contribution in [0.1, 0.15) is 26.7 Å². The summed E-state index contributed by atoms with van der Waals surface area (Å²) in [6.45, 7) is 1.80. The predicted molar refractivity (Wildman–Crippen MR) is 93.5 cm³/mol. The van der Waals surface area contributed by atoms with Gasteiger partial charge >= 0.3 is 0 Å². The molecule has 7 heteroatoms. The van der Waals surface area contributed by atoms with E-state index in [9.17, 15) is 9.59 Å². The van der Waals surface area contributed by atoms with E-state index in [1.54, 1.807) is 22.7 Å². The van der Waals surface area contributed by atoms with Gasteiger partial charge in [0.2, 0.25) is 0 Å². The lowest BCUT2D eigenvalue weighted by atomic mass is 10.1. The monoisotopic (exact) mass is 337 g/mol. The number of hydrogen-bond acceptors (Lipinski definition) is 3. The summed E-state index contributed by atoms with van der Waals surface area (Å²) in [6.07, 6.45) is 4.35. The highest BCUT2D eigenvalue weighted by Crippen LogP contribution is 2.17. The number of aromatic amines is 1. The maximum absolute atomic E-state index is 12.3. The minimum Gasteiger partial charge on any atom is -0.361 e. The SMILES string of the molecule is CN1CCn2cc(C(=O)NCCc3c[nH]c4ccccc34)nc2C1=O. The number of hydrogen-bond donors (Lipinski definition) is 2. The Labute approximate surface area is 144 Å². The molecule has 1 aliphatic heterocycles. The first kappa shape index (κ1) is 15.4. The Morgan fingerprint density at radius 2 is 2.16 bits per heavy atom. The van der Waals surface area contributed by atoms with E-state index in [1.807, 2.05) is 24.4 Å². The van der Waals surface area contributed by atoms with Gasteiger partial charge in [-0.3, -0.25) is 9.59 Å². The topological polar surface area (TPSA) is 83.0 Å². The molecular formula is C18H19N5O2. The number of aromatic nitrogens is 3. The number of imidazole rings is 1. The van der Waals surface area contributed by atoms with Gasteiger partial charge in [-0.2, -0.15) is 0 Å². The second-order valence-corrected chi connectivity index (χ2v) is 6.24. The van der Waals surface area contributed by atoms with E-state index >= 15 is 0 Å². The molecule has 2 aromatic heterocycles. The lowest BCUT2D eigenvalue weighted by Crippen LogP contribution is -2.37. The van der Waals surface area contributed by atoms with Gasteiger partial charge in [0.15, 0.2) is 5.82 Å². The molecule has 0 radical (unpaired) electrons. The van der Waals surface area contributed by atoms with Crippen molar-refractivity contribution in [1.29, 1.82) is 0 Å². The summed E-state index contributed by atoms with van der Waals surface area (Å²) in [5, 5.41) is 4.05. The van der Waals surface area contributed by atoms with Crippen LogP contribution in [-0.4, -0.2) is 51.4 Å². The van der Waals surface area contributed by atoms with E-state index in [-0.39, 0.29) is 17.5 Å². The lowest BCUT2D eigenvalue weighted by Gasteiger charge is -2.22. The summed E-state index contributed by atoms with van der Waals surface area (Å²) in [6, 6.07) is 8.08. The molecule has 0 saturated carbocycles. The first-order valence-electron chi connectivity index (χ1n) is 8.29. The molecular weight excluding hydrogens is 318 g/mol. The first-order chi connectivity index (χ1) is 12.1. The minimum absolute atomic E-state index is 0.149. The summed E-state index contributed by atoms with van der Waals surface area (Å²) < 4.78 is 1.75. The molecule has 2 amide bonds. The van der Waals surface area contributed by atoms with E-state index < -0.39 is 0 Å². The zero-order valence-corrected chi connectivity index (χ0v) is 14.0. The fourth-order valence-electron chi connectivity index (χ4n) is 3.14. The Morgan fingerprint density at radius 1 is 1.32 bits per heavy atom. The maximum Gasteiger partial charge on any atom is 0.289 e. The van der Waals surface area contributed by atoms with Crippen LogP contribution in [0, 0.1) is 0 Å². The number of benzene rings is 1. The van der Waals surface area contributed by atoms with Gasteiger partial charge in [0.25, 0.3) is 11.8 Å². The van der Waals surface area contributed by atoms with Crippen molar-refractivity contribution < 1.29 is 9.59 Å². The Kier molecular flexibility index (Phi) is 3.76. The number of amides is 2. The van der Waals surface area contributed by atoms with E-state index in [2.05, 4.69) is 21.4 Å². The highest BCUT2D eigenvalue weighted by atomic mass is 16.2. The number of para-hydroxylation sites is 1. The number of nitrogens with one attached hydrogen (secondary N) is 2. The number of carbonyl (C=O) groups excluding carboxylic acids is 2. The smallest absolute Gasteiger partial charge is 0.289 e. The van der Waals surface area contributed by atoms with Gasteiger partial charge in [0.05, 0.1) is 0 Å². The molecule has 1 aliphatic rings. The molecule has 3 heterocycles. The summed E-state index contributed by atoms with van der Waals surface area (Å²) in [4.78, 5) is 33.4. The Morgan fingerprint density at radius 3 is 3.04 bits per heavy atom. The number of fused-ring (bicyclic) bond motifs is 2. The Hall–Kier alpha value is -3.09. The van der Waals surface area contributed by atoms with Crippen molar-refractivity contribution in [2.45, 2.75) is 13.0 Å². The molecule has 0 saturated heterocycles. The van der Waals surface area contributed by atoms with Crippen molar-refractivity contribution in [2.75, 3.05) is 20.1 Å². The third-order valence-corrected chi connectivity index (χ3v) is 4.58. The van der Waals surface area contributed by atoms with Gasteiger partial charge < -0.3 is 19.8 Å². The maximum atomic E-state index is 12.3. The predicted octanol–water partition coefficient (Wildman–Crippen LogP) is 1.42. The Bertz CT molecular complexity index is 955. The van der Waals surface area contributed by atoms with Crippen LogP contribution in [-0.2, 0) is 13.0 Å². The van der Waals surface area contributed by atoms with Gasteiger partial charge in [-0.1, -0.05) is 18.2 Å². The van der Waals surface area contributed by atoms with E-state index in [4.69, 9.17) is 0 Å². The molecule has 0 unspecified atom stereocenters. The highest BCUT2D eigenvalue weighted by molar-refractivity contribution is 5.96. The van der Waals surface area contributed by atoms with Gasteiger partial charge in [-0.15, -0.1) is 0 Å². The molecule has 0 atom stereocenters. The molecule has 2 N–H and O–H groups in total. The van der Waals surface area contributed by atoms with Crippen LogP contribution >= 0.6 is 0 Å². The summed E-state index contributed by atoms with van der Waals surface area (Å²) in [7, 11) is 1.74. The third-order valence-electron chi connectivity index (χ3n) is 4.58. The number of nitrogens with zero attached hydrogens (tertiary/aromatic N) is 3. The van der Waals surface area contributed by atoms with Crippen molar-refractivity contribution in [3.8, 4) is 0 Å². The zero-order chi connectivity index (χ0) is 17.4. The molecule has 0 bridgehead atoms. The second-order valence-electron chi connectivity index (χ2n) is 6.24. The third kappa shape index (κ3) is 2.77. The molecule has 0 spiro atoms. The Balaban J connectivity index is 1.41. The molecule has 1 aromatic carbocycles. The number of likely N-dealkylation sites (N-methyl/N-ethyl adjacent to an activating group) is 1. The highest BCUT2D eigenvalue weighted by Gasteiger charge is 2.25. The molecule has 3 aromatic rings. The zero-order valence-electron chi connectivity index (χ0n) is 14.0. The van der Waals surface area contributed by atoms with Crippen LogP contribution in [0.15, 0.2) is 36.7 Å². The van der Waals surface area contributed by atoms with Crippen molar-refractivity contribution in [1.82, 2.24) is 24.8 Å². The quantitative estimate of drug-likeness (QED) is 0.755. The van der Waals surface area contributed by atoms with Crippen molar-refractivity contribution in [2.24, 2.45) is 0 Å². The first-order valence-corrected chi connectivity index (χ1v) is 8.29. The van der Waals surface area contributed by atoms with Crippen LogP contribution < -0.4 is 5.32 Å². The summed E-state index contributed by atoms with van der Waals surface area (Å²) in [5.41, 5.74) is 2.54. The second kappa shape index (κ2) is 6.08. The van der Waals surface area contributed by atoms with Crippen molar-refractivity contribution in [3.63, 3.8) is 0 Å². The largest absolute Gasteiger partial charge is 0.361 e. The molecule has 128 valence electrons. The average Bonchev–Trinajstić information content (AvgIpc) is 3.23. The molecule has 25 heavy (non-hydrogen) atoms. The van der Waals surface area contributed by atoms with Gasteiger partial charge in [-0.05, 0) is 18.1 Å². The van der Waals surface area contributed by atoms with E-state index in [0.717, 1.165) is 17.5 Å². The van der Waals surface area contributed by atoms with Crippen LogP contribution in [0.3, 0.4) is 0 Å². The van der Waals surface area contributed by atoms with Gasteiger partial charge in [0.1, 0.15) is 5.69 Å². The summed E-state index contributed by atoms with van der Waals surface area (Å²) >= 11 is 0. The fraction of sp³-hybridized carbons (Fsp3) is 0.278. The normalized spacial score (nSPS) is 14.0. The standard InChI is InChI=1S/C18H19N5O2/c1-22-8-9-23-11-15(21-16(23)18(22)25)17(24)19-7-6-12-10-20-14-5-3-2-4-13(12)14/h2-5,10-11,20H,6-9H2,1H3,(H,19,24). The molecule has 0 aliphatic carbocycles. The van der Waals surface area contributed by atoms with Crippen LogP contribution in [0.25, 0.3) is 10.9 Å². The van der Waals surface area contributed by atoms with E-state index in [0.29, 0.717) is 25.5 Å². The van der Waals surface area contributed by atoms with E-state index in [1.165, 1.54) is 5.39 Å². The van der Waals surface area contributed by atoms with Gasteiger partial charge in [0, 0.05) is 50.0 Å². The molecule has 4 rings (SSSR count).